The lowest BCUT2D eigenvalue weighted by molar-refractivity contribution is -0.0314. The molecule has 1 saturated carbocycles. The Hall–Kier alpha value is -3.45. The molecule has 7 heteroatoms. The highest BCUT2D eigenvalue weighted by Crippen LogP contribution is 2.29. The number of amides is 2. The van der Waals surface area contributed by atoms with E-state index in [1.807, 2.05) is 24.3 Å². The fraction of sp³-hybridized carbons (Fsp3) is 0.292. The third-order valence-corrected chi connectivity index (χ3v) is 5.49. The van der Waals surface area contributed by atoms with Crippen molar-refractivity contribution in [2.45, 2.75) is 38.2 Å². The van der Waals surface area contributed by atoms with Gasteiger partial charge in [-0.1, -0.05) is 43.5 Å². The van der Waals surface area contributed by atoms with Crippen molar-refractivity contribution in [3.8, 4) is 5.75 Å². The first-order valence-electron chi connectivity index (χ1n) is 10.5. The zero-order chi connectivity index (χ0) is 21.6. The highest BCUT2D eigenvalue weighted by Gasteiger charge is 2.20. The van der Waals surface area contributed by atoms with Crippen LogP contribution in [0.4, 0.5) is 5.69 Å². The number of nitrogens with one attached hydrogen (secondary N) is 2. The number of fused-ring (bicyclic) bond motifs is 1. The molecule has 160 valence electrons. The van der Waals surface area contributed by atoms with E-state index >= 15 is 0 Å². The Labute approximate surface area is 180 Å². The van der Waals surface area contributed by atoms with Gasteiger partial charge in [0.1, 0.15) is 5.75 Å². The van der Waals surface area contributed by atoms with E-state index in [9.17, 15) is 9.59 Å². The number of carbonyl (C=O) groups is 2. The van der Waals surface area contributed by atoms with Gasteiger partial charge >= 0.3 is 0 Å². The van der Waals surface area contributed by atoms with Gasteiger partial charge in [-0.15, -0.1) is 0 Å². The molecular weight excluding hydrogens is 394 g/mol. The topological polar surface area (TPSA) is 89.5 Å². The summed E-state index contributed by atoms with van der Waals surface area (Å²) < 4.78 is 5.40. The molecule has 1 aliphatic carbocycles. The molecule has 1 aromatic heterocycles. The summed E-state index contributed by atoms with van der Waals surface area (Å²) in [5.41, 5.74) is 3.39. The van der Waals surface area contributed by atoms with E-state index in [2.05, 4.69) is 15.8 Å². The number of pyridine rings is 1. The second-order valence-electron chi connectivity index (χ2n) is 7.52. The maximum absolute atomic E-state index is 13.1. The molecule has 0 aliphatic heterocycles. The van der Waals surface area contributed by atoms with Crippen LogP contribution in [-0.2, 0) is 4.84 Å². The number of aromatic nitrogens is 1. The van der Waals surface area contributed by atoms with Crippen LogP contribution < -0.4 is 15.5 Å². The monoisotopic (exact) mass is 419 g/mol. The number of rotatable bonds is 6. The molecular formula is C24H25N3O4. The molecule has 2 N–H and O–H groups in total. The highest BCUT2D eigenvalue weighted by atomic mass is 16.7. The van der Waals surface area contributed by atoms with E-state index in [1.165, 1.54) is 12.6 Å². The van der Waals surface area contributed by atoms with Gasteiger partial charge in [0.25, 0.3) is 11.8 Å². The van der Waals surface area contributed by atoms with Crippen LogP contribution in [0, 0.1) is 0 Å². The number of nitrogens with zero attached hydrogens (tertiary/aromatic N) is 1. The molecule has 1 fully saturated rings. The van der Waals surface area contributed by atoms with Gasteiger partial charge in [-0.25, -0.2) is 10.5 Å². The average molecular weight is 419 g/mol. The van der Waals surface area contributed by atoms with Crippen molar-refractivity contribution in [2.75, 3.05) is 12.4 Å². The van der Waals surface area contributed by atoms with Crippen molar-refractivity contribution < 1.29 is 19.2 Å². The summed E-state index contributed by atoms with van der Waals surface area (Å²) in [7, 11) is 1.59. The molecule has 0 radical (unpaired) electrons. The van der Waals surface area contributed by atoms with Crippen molar-refractivity contribution in [3.63, 3.8) is 0 Å². The number of methoxy groups -OCH3 is 1. The van der Waals surface area contributed by atoms with Crippen molar-refractivity contribution >= 4 is 28.3 Å². The predicted octanol–water partition coefficient (Wildman–Crippen LogP) is 4.49. The van der Waals surface area contributed by atoms with Gasteiger partial charge in [-0.3, -0.25) is 14.4 Å². The van der Waals surface area contributed by atoms with Crippen molar-refractivity contribution in [1.29, 1.82) is 0 Å². The van der Waals surface area contributed by atoms with Crippen LogP contribution in [0.15, 0.2) is 54.7 Å². The maximum atomic E-state index is 13.1. The van der Waals surface area contributed by atoms with Crippen molar-refractivity contribution in [3.05, 3.63) is 66.0 Å². The summed E-state index contributed by atoms with van der Waals surface area (Å²) >= 11 is 0. The maximum Gasteiger partial charge on any atom is 0.295 e. The van der Waals surface area contributed by atoms with E-state index in [-0.39, 0.29) is 17.7 Å². The predicted molar refractivity (Wildman–Crippen MR) is 118 cm³/mol. The first-order valence-corrected chi connectivity index (χ1v) is 10.5. The molecule has 2 aromatic carbocycles. The molecule has 1 heterocycles. The van der Waals surface area contributed by atoms with Gasteiger partial charge in [-0.05, 0) is 42.5 Å². The smallest absolute Gasteiger partial charge is 0.295 e. The van der Waals surface area contributed by atoms with E-state index in [0.29, 0.717) is 17.0 Å². The van der Waals surface area contributed by atoms with Gasteiger partial charge in [0.15, 0.2) is 5.69 Å². The molecule has 0 bridgehead atoms. The number of ether oxygens (including phenoxy) is 1. The summed E-state index contributed by atoms with van der Waals surface area (Å²) in [5, 5.41) is 4.41. The molecule has 31 heavy (non-hydrogen) atoms. The largest absolute Gasteiger partial charge is 0.496 e. The molecule has 0 saturated heterocycles. The Bertz CT molecular complexity index is 1090. The van der Waals surface area contributed by atoms with Gasteiger partial charge < -0.3 is 10.1 Å². The van der Waals surface area contributed by atoms with Gasteiger partial charge in [0.05, 0.1) is 18.9 Å². The molecule has 0 atom stereocenters. The Morgan fingerprint density at radius 3 is 2.48 bits per heavy atom. The number of benzene rings is 2. The lowest BCUT2D eigenvalue weighted by Gasteiger charge is -2.21. The number of anilines is 1. The standard InChI is InChI=1S/C24H25N3O4/c1-30-21-14-13-19(17-10-5-6-11-18(17)21)23(28)26-20-12-7-15-25-22(20)24(29)27-31-16-8-3-2-4-9-16/h5-7,10-16H,2-4,8-9H2,1H3,(H,26,28)(H,27,29). The van der Waals surface area contributed by atoms with Crippen LogP contribution in [0.2, 0.25) is 0 Å². The van der Waals surface area contributed by atoms with Crippen LogP contribution in [0.1, 0.15) is 53.0 Å². The third kappa shape index (κ3) is 4.67. The molecule has 7 nitrogen and oxygen atoms in total. The minimum absolute atomic E-state index is 0.0186. The second-order valence-corrected chi connectivity index (χ2v) is 7.52. The fourth-order valence-corrected chi connectivity index (χ4v) is 3.89. The van der Waals surface area contributed by atoms with Gasteiger partial charge in [-0.2, -0.15) is 0 Å². The summed E-state index contributed by atoms with van der Waals surface area (Å²) in [6.45, 7) is 0. The number of hydrogen-bond donors (Lipinski definition) is 2. The Kier molecular flexibility index (Phi) is 6.43. The average Bonchev–Trinajstić information content (AvgIpc) is 2.82. The Morgan fingerprint density at radius 1 is 0.935 bits per heavy atom. The number of hydroxylamine groups is 1. The SMILES string of the molecule is COc1ccc(C(=O)Nc2cccnc2C(=O)NOC2CCCCC2)c2ccccc12. The van der Waals surface area contributed by atoms with E-state index in [0.717, 1.165) is 36.5 Å². The Balaban J connectivity index is 1.53. The quantitative estimate of drug-likeness (QED) is 0.575. The van der Waals surface area contributed by atoms with Crippen LogP contribution in [0.5, 0.6) is 5.75 Å². The lowest BCUT2D eigenvalue weighted by atomic mass is 9.98. The summed E-state index contributed by atoms with van der Waals surface area (Å²) in [4.78, 5) is 35.4. The molecule has 2 amide bonds. The number of hydrogen-bond acceptors (Lipinski definition) is 5. The van der Waals surface area contributed by atoms with Crippen molar-refractivity contribution in [1.82, 2.24) is 10.5 Å². The molecule has 0 unspecified atom stereocenters. The lowest BCUT2D eigenvalue weighted by Crippen LogP contribution is -2.32. The molecule has 4 rings (SSSR count). The molecule has 0 spiro atoms. The zero-order valence-electron chi connectivity index (χ0n) is 17.4. The number of carbonyl (C=O) groups excluding carboxylic acids is 2. The zero-order valence-corrected chi connectivity index (χ0v) is 17.4. The summed E-state index contributed by atoms with van der Waals surface area (Å²) in [5.74, 6) is -0.136. The highest BCUT2D eigenvalue weighted by molar-refractivity contribution is 6.15. The van der Waals surface area contributed by atoms with Crippen LogP contribution in [0.3, 0.4) is 0 Å². The second kappa shape index (κ2) is 9.57. The summed E-state index contributed by atoms with van der Waals surface area (Å²) in [6, 6.07) is 14.3. The summed E-state index contributed by atoms with van der Waals surface area (Å²) in [6.07, 6.45) is 6.78. The first kappa shape index (κ1) is 20.8. The van der Waals surface area contributed by atoms with Crippen molar-refractivity contribution in [2.24, 2.45) is 0 Å². The molecule has 3 aromatic rings. The van der Waals surface area contributed by atoms with Gasteiger partial charge in [0.2, 0.25) is 0 Å². The van der Waals surface area contributed by atoms with E-state index in [1.54, 1.807) is 31.4 Å². The first-order chi connectivity index (χ1) is 15.2. The van der Waals surface area contributed by atoms with E-state index in [4.69, 9.17) is 9.57 Å². The minimum atomic E-state index is -0.485. The van der Waals surface area contributed by atoms with Crippen LogP contribution in [-0.4, -0.2) is 30.0 Å². The fourth-order valence-electron chi connectivity index (χ4n) is 3.89. The third-order valence-electron chi connectivity index (χ3n) is 5.49. The Morgan fingerprint density at radius 2 is 1.71 bits per heavy atom. The normalized spacial score (nSPS) is 14.2. The minimum Gasteiger partial charge on any atom is -0.496 e. The van der Waals surface area contributed by atoms with E-state index < -0.39 is 5.91 Å². The van der Waals surface area contributed by atoms with Crippen LogP contribution in [0.25, 0.3) is 10.8 Å². The molecule has 1 aliphatic rings. The van der Waals surface area contributed by atoms with Crippen LogP contribution >= 0.6 is 0 Å². The van der Waals surface area contributed by atoms with Gasteiger partial charge in [0, 0.05) is 17.1 Å².